The summed E-state index contributed by atoms with van der Waals surface area (Å²) in [6.45, 7) is 9.13. The molecule has 3 aliphatic rings. The van der Waals surface area contributed by atoms with Gasteiger partial charge in [0, 0.05) is 32.7 Å². The number of sulfonamides is 1. The predicted molar refractivity (Wildman–Crippen MR) is 124 cm³/mol. The lowest BCUT2D eigenvalue weighted by Gasteiger charge is -2.38. The van der Waals surface area contributed by atoms with E-state index in [-0.39, 0.29) is 17.7 Å². The monoisotopic (exact) mass is 477 g/mol. The number of ether oxygens (including phenoxy) is 1. The van der Waals surface area contributed by atoms with Gasteiger partial charge in [-0.3, -0.25) is 9.59 Å². The molecule has 0 N–H and O–H groups in total. The molecule has 0 radical (unpaired) electrons. The summed E-state index contributed by atoms with van der Waals surface area (Å²) in [4.78, 5) is 30.4. The molecular formula is C24H35N3O5S. The summed E-state index contributed by atoms with van der Waals surface area (Å²) >= 11 is 0. The van der Waals surface area contributed by atoms with Crippen LogP contribution in [-0.2, 0) is 24.3 Å². The van der Waals surface area contributed by atoms with Gasteiger partial charge in [-0.15, -0.1) is 0 Å². The van der Waals surface area contributed by atoms with Crippen LogP contribution in [0.25, 0.3) is 0 Å². The van der Waals surface area contributed by atoms with E-state index in [0.717, 1.165) is 18.4 Å². The van der Waals surface area contributed by atoms with Crippen LogP contribution in [-0.4, -0.2) is 86.3 Å². The first kappa shape index (κ1) is 24.2. The van der Waals surface area contributed by atoms with E-state index < -0.39 is 16.1 Å². The van der Waals surface area contributed by atoms with Crippen molar-refractivity contribution in [1.82, 2.24) is 14.1 Å². The molecule has 2 unspecified atom stereocenters. The van der Waals surface area contributed by atoms with E-state index in [0.29, 0.717) is 74.8 Å². The lowest BCUT2D eigenvalue weighted by atomic mass is 9.95. The molecule has 33 heavy (non-hydrogen) atoms. The number of carbonyl (C=O) groups excluding carboxylic acids is 2. The third kappa shape index (κ3) is 4.81. The van der Waals surface area contributed by atoms with Crippen molar-refractivity contribution in [2.24, 2.45) is 5.92 Å². The molecule has 2 atom stereocenters. The smallest absolute Gasteiger partial charge is 0.244 e. The molecule has 9 heteroatoms. The molecule has 3 fully saturated rings. The highest BCUT2D eigenvalue weighted by molar-refractivity contribution is 7.89. The summed E-state index contributed by atoms with van der Waals surface area (Å²) in [5.41, 5.74) is 2.43. The van der Waals surface area contributed by atoms with Gasteiger partial charge >= 0.3 is 0 Å². The van der Waals surface area contributed by atoms with Crippen molar-refractivity contribution in [3.8, 4) is 0 Å². The average Bonchev–Trinajstić information content (AvgIpc) is 3.29. The van der Waals surface area contributed by atoms with Crippen LogP contribution in [0.3, 0.4) is 0 Å². The second kappa shape index (κ2) is 9.72. The lowest BCUT2D eigenvalue weighted by molar-refractivity contribution is -0.145. The van der Waals surface area contributed by atoms with Crippen molar-refractivity contribution in [2.45, 2.75) is 57.4 Å². The Kier molecular flexibility index (Phi) is 7.12. The lowest BCUT2D eigenvalue weighted by Crippen LogP contribution is -2.53. The first-order chi connectivity index (χ1) is 15.7. The molecular weight excluding hydrogens is 442 g/mol. The second-order valence-electron chi connectivity index (χ2n) is 9.56. The number of morpholine rings is 1. The molecule has 2 amide bonds. The minimum absolute atomic E-state index is 0.0811. The van der Waals surface area contributed by atoms with E-state index in [9.17, 15) is 18.0 Å². The zero-order valence-corrected chi connectivity index (χ0v) is 20.7. The fourth-order valence-electron chi connectivity index (χ4n) is 5.60. The van der Waals surface area contributed by atoms with Gasteiger partial charge in [-0.05, 0) is 57.6 Å². The maximum Gasteiger partial charge on any atom is 0.244 e. The highest BCUT2D eigenvalue weighted by atomic mass is 32.2. The van der Waals surface area contributed by atoms with Gasteiger partial charge in [0.05, 0.1) is 24.0 Å². The number of hydrogen-bond donors (Lipinski definition) is 0. The molecule has 8 nitrogen and oxygen atoms in total. The van der Waals surface area contributed by atoms with Crippen LogP contribution in [0.5, 0.6) is 0 Å². The summed E-state index contributed by atoms with van der Waals surface area (Å²) in [5, 5.41) is 0. The first-order valence-electron chi connectivity index (χ1n) is 11.9. The SMILES string of the molecule is Cc1cc(C)c(S(=O)(=O)N2CCCC2C(=O)N2CCCC(C(=O)N3CCOCC3)C2)c(C)c1. The largest absolute Gasteiger partial charge is 0.378 e. The number of carbonyl (C=O) groups is 2. The second-order valence-corrected chi connectivity index (χ2v) is 11.4. The number of amides is 2. The Hall–Kier alpha value is -1.97. The Morgan fingerprint density at radius 3 is 2.18 bits per heavy atom. The van der Waals surface area contributed by atoms with Crippen LogP contribution in [0.4, 0.5) is 0 Å². The highest BCUT2D eigenvalue weighted by Crippen LogP contribution is 2.32. The Morgan fingerprint density at radius 1 is 0.879 bits per heavy atom. The van der Waals surface area contributed by atoms with E-state index in [1.807, 2.05) is 37.8 Å². The number of benzene rings is 1. The molecule has 182 valence electrons. The third-order valence-corrected chi connectivity index (χ3v) is 9.28. The zero-order chi connectivity index (χ0) is 23.8. The number of aryl methyl sites for hydroxylation is 3. The molecule has 4 rings (SSSR count). The minimum Gasteiger partial charge on any atom is -0.378 e. The van der Waals surface area contributed by atoms with Crippen LogP contribution in [0, 0.1) is 26.7 Å². The average molecular weight is 478 g/mol. The summed E-state index contributed by atoms with van der Waals surface area (Å²) in [7, 11) is -3.80. The Bertz CT molecular complexity index is 996. The Balaban J connectivity index is 1.51. The molecule has 0 bridgehead atoms. The van der Waals surface area contributed by atoms with Crippen molar-refractivity contribution >= 4 is 21.8 Å². The molecule has 0 aliphatic carbocycles. The third-order valence-electron chi connectivity index (χ3n) is 7.07. The van der Waals surface area contributed by atoms with E-state index in [1.54, 1.807) is 4.90 Å². The standard InChI is InChI=1S/C24H35N3O5S/c1-17-14-18(2)22(19(3)15-17)33(30,31)27-9-5-7-21(27)24(29)26-8-4-6-20(16-26)23(28)25-10-12-32-13-11-25/h14-15,20-21H,4-13,16H2,1-3H3. The molecule has 1 aromatic rings. The summed E-state index contributed by atoms with van der Waals surface area (Å²) < 4.78 is 34.0. The molecule has 0 saturated carbocycles. The molecule has 0 spiro atoms. The first-order valence-corrected chi connectivity index (χ1v) is 13.4. The normalized spacial score (nSPS) is 24.8. The van der Waals surface area contributed by atoms with Gasteiger partial charge in [-0.25, -0.2) is 8.42 Å². The Morgan fingerprint density at radius 2 is 1.52 bits per heavy atom. The summed E-state index contributed by atoms with van der Waals surface area (Å²) in [5.74, 6) is -0.315. The maximum absolute atomic E-state index is 13.6. The van der Waals surface area contributed by atoms with Gasteiger partial charge < -0.3 is 14.5 Å². The Labute approximate surface area is 196 Å². The van der Waals surface area contributed by atoms with Gasteiger partial charge in [0.1, 0.15) is 6.04 Å². The number of nitrogens with zero attached hydrogens (tertiary/aromatic N) is 3. The number of likely N-dealkylation sites (tertiary alicyclic amines) is 1. The predicted octanol–water partition coefficient (Wildman–Crippen LogP) is 1.86. The summed E-state index contributed by atoms with van der Waals surface area (Å²) in [6, 6.07) is 3.05. The van der Waals surface area contributed by atoms with Gasteiger partial charge in [0.25, 0.3) is 0 Å². The number of rotatable bonds is 4. The van der Waals surface area contributed by atoms with Crippen LogP contribution >= 0.6 is 0 Å². The van der Waals surface area contributed by atoms with Crippen molar-refractivity contribution < 1.29 is 22.7 Å². The maximum atomic E-state index is 13.6. The van der Waals surface area contributed by atoms with E-state index in [4.69, 9.17) is 4.74 Å². The van der Waals surface area contributed by atoms with E-state index >= 15 is 0 Å². The van der Waals surface area contributed by atoms with Crippen LogP contribution in [0.2, 0.25) is 0 Å². The molecule has 1 aromatic carbocycles. The minimum atomic E-state index is -3.80. The summed E-state index contributed by atoms with van der Waals surface area (Å²) in [6.07, 6.45) is 2.68. The van der Waals surface area contributed by atoms with Crippen LogP contribution in [0.1, 0.15) is 42.4 Å². The fourth-order valence-corrected chi connectivity index (χ4v) is 7.66. The molecule has 3 saturated heterocycles. The molecule has 3 aliphatic heterocycles. The van der Waals surface area contributed by atoms with Crippen LogP contribution in [0.15, 0.2) is 17.0 Å². The van der Waals surface area contributed by atoms with Gasteiger partial charge in [0.15, 0.2) is 0 Å². The van der Waals surface area contributed by atoms with Crippen molar-refractivity contribution in [3.63, 3.8) is 0 Å². The molecule has 0 aromatic heterocycles. The van der Waals surface area contributed by atoms with E-state index in [2.05, 4.69) is 0 Å². The van der Waals surface area contributed by atoms with E-state index in [1.165, 1.54) is 4.31 Å². The number of hydrogen-bond acceptors (Lipinski definition) is 5. The topological polar surface area (TPSA) is 87.2 Å². The fraction of sp³-hybridized carbons (Fsp3) is 0.667. The number of piperidine rings is 1. The van der Waals surface area contributed by atoms with Gasteiger partial charge in [0.2, 0.25) is 21.8 Å². The zero-order valence-electron chi connectivity index (χ0n) is 19.9. The van der Waals surface area contributed by atoms with Crippen molar-refractivity contribution in [1.29, 1.82) is 0 Å². The van der Waals surface area contributed by atoms with Gasteiger partial charge in [-0.2, -0.15) is 4.31 Å². The molecule has 3 heterocycles. The quantitative estimate of drug-likeness (QED) is 0.661. The van der Waals surface area contributed by atoms with Crippen LogP contribution < -0.4 is 0 Å². The van der Waals surface area contributed by atoms with Crippen molar-refractivity contribution in [2.75, 3.05) is 45.9 Å². The highest BCUT2D eigenvalue weighted by Gasteiger charge is 2.43. The van der Waals surface area contributed by atoms with Gasteiger partial charge in [-0.1, -0.05) is 17.7 Å². The van der Waals surface area contributed by atoms with Crippen molar-refractivity contribution in [3.05, 3.63) is 28.8 Å².